The third-order valence-corrected chi connectivity index (χ3v) is 7.60. The van der Waals surface area contributed by atoms with E-state index in [2.05, 4.69) is 53.8 Å². The lowest BCUT2D eigenvalue weighted by atomic mass is 9.95. The van der Waals surface area contributed by atoms with Crippen LogP contribution in [0.4, 0.5) is 21.5 Å². The highest BCUT2D eigenvalue weighted by molar-refractivity contribution is 6.04. The van der Waals surface area contributed by atoms with Crippen LogP contribution in [0.5, 0.6) is 0 Å². The van der Waals surface area contributed by atoms with Gasteiger partial charge < -0.3 is 21.4 Å². The van der Waals surface area contributed by atoms with Gasteiger partial charge in [0.1, 0.15) is 11.9 Å². The Morgan fingerprint density at radius 2 is 1.89 bits per heavy atom. The van der Waals surface area contributed by atoms with Crippen LogP contribution in [0.3, 0.4) is 0 Å². The molecule has 1 unspecified atom stereocenters. The number of nitrogens with zero attached hydrogens (tertiary/aromatic N) is 3. The number of hydrogen-bond acceptors (Lipinski definition) is 8. The van der Waals surface area contributed by atoms with E-state index in [1.807, 2.05) is 47.6 Å². The summed E-state index contributed by atoms with van der Waals surface area (Å²) in [6.07, 6.45) is 5.57. The second-order valence-electron chi connectivity index (χ2n) is 12.7. The molecule has 1 fully saturated rings. The van der Waals surface area contributed by atoms with E-state index in [0.717, 1.165) is 24.0 Å². The molecule has 0 radical (unpaired) electrons. The Morgan fingerprint density at radius 3 is 2.53 bits per heavy atom. The molecule has 0 bridgehead atoms. The first-order chi connectivity index (χ1) is 21.9. The number of halogens is 1. The van der Waals surface area contributed by atoms with Gasteiger partial charge in [-0.2, -0.15) is 5.26 Å². The third-order valence-electron chi connectivity index (χ3n) is 7.60. The number of hydrazine groups is 2. The largest absolute Gasteiger partial charge is 0.383 e. The maximum absolute atomic E-state index is 14.0. The van der Waals surface area contributed by atoms with Gasteiger partial charge in [0.25, 0.3) is 0 Å². The van der Waals surface area contributed by atoms with Crippen molar-refractivity contribution in [3.63, 3.8) is 0 Å². The highest BCUT2D eigenvalue weighted by Gasteiger charge is 2.32. The first-order valence-electron chi connectivity index (χ1n) is 15.5. The Labute approximate surface area is 263 Å². The summed E-state index contributed by atoms with van der Waals surface area (Å²) in [5.74, 6) is -0.556. The predicted molar refractivity (Wildman–Crippen MR) is 176 cm³/mol. The van der Waals surface area contributed by atoms with Crippen molar-refractivity contribution in [3.8, 4) is 17.2 Å². The molecule has 5 N–H and O–H groups in total. The molecule has 1 aromatic heterocycles. The van der Waals surface area contributed by atoms with E-state index in [1.165, 1.54) is 19.1 Å². The van der Waals surface area contributed by atoms with Gasteiger partial charge >= 0.3 is 0 Å². The minimum Gasteiger partial charge on any atom is -0.383 e. The summed E-state index contributed by atoms with van der Waals surface area (Å²) < 4.78 is 23.9. The average Bonchev–Trinajstić information content (AvgIpc) is 3.74. The second kappa shape index (κ2) is 12.1. The van der Waals surface area contributed by atoms with Crippen molar-refractivity contribution in [2.45, 2.75) is 52.6 Å². The Bertz CT molecular complexity index is 1860. The van der Waals surface area contributed by atoms with Gasteiger partial charge in [-0.25, -0.2) is 4.39 Å². The number of rotatable bonds is 9. The Morgan fingerprint density at radius 1 is 1.16 bits per heavy atom. The fourth-order valence-electron chi connectivity index (χ4n) is 5.22. The fraction of sp³-hybridized carbons (Fsp3) is 0.286. The van der Waals surface area contributed by atoms with E-state index in [1.54, 1.807) is 18.3 Å². The maximum atomic E-state index is 14.0. The Kier molecular flexibility index (Phi) is 7.69. The molecule has 9 nitrogen and oxygen atoms in total. The molecule has 1 aliphatic heterocycles. The normalized spacial score (nSPS) is 16.2. The topological polar surface area (TPSA) is 117 Å². The molecular weight excluding hydrogens is 567 g/mol. The van der Waals surface area contributed by atoms with E-state index in [0.29, 0.717) is 57.4 Å². The molecule has 1 atom stereocenters. The molecule has 2 heterocycles. The lowest BCUT2D eigenvalue weighted by Gasteiger charge is -2.24. The second-order valence-corrected chi connectivity index (χ2v) is 12.7. The molecule has 45 heavy (non-hydrogen) atoms. The van der Waals surface area contributed by atoms with Crippen LogP contribution in [-0.4, -0.2) is 28.5 Å². The monoisotopic (exact) mass is 605 g/mol. The summed E-state index contributed by atoms with van der Waals surface area (Å²) in [4.78, 5) is 16.4. The number of nitrogens with one attached hydrogen (secondary N) is 5. The number of amides is 1. The Hall–Kier alpha value is -5.14. The van der Waals surface area contributed by atoms with E-state index in [4.69, 9.17) is 4.98 Å². The van der Waals surface area contributed by atoms with Gasteiger partial charge in [0.2, 0.25) is 5.91 Å². The molecule has 2 aliphatic rings. The van der Waals surface area contributed by atoms with Gasteiger partial charge in [0, 0.05) is 54.2 Å². The van der Waals surface area contributed by atoms with Crippen molar-refractivity contribution in [1.82, 2.24) is 21.0 Å². The van der Waals surface area contributed by atoms with E-state index < -0.39 is 11.8 Å². The molecule has 6 rings (SSSR count). The fourth-order valence-corrected chi connectivity index (χ4v) is 5.22. The molecule has 1 aliphatic carbocycles. The van der Waals surface area contributed by atoms with Crippen molar-refractivity contribution in [2.24, 2.45) is 5.41 Å². The van der Waals surface area contributed by atoms with E-state index in [9.17, 15) is 15.8 Å². The summed E-state index contributed by atoms with van der Waals surface area (Å²) >= 11 is 0. The number of carbonyl (C=O) groups is 1. The number of hydrogen-bond donors (Lipinski definition) is 5. The van der Waals surface area contributed by atoms with Crippen LogP contribution in [0.1, 0.15) is 59.1 Å². The smallest absolute Gasteiger partial charge is 0.221 e. The summed E-state index contributed by atoms with van der Waals surface area (Å²) in [5.41, 5.74) is 11.9. The van der Waals surface area contributed by atoms with Crippen LogP contribution in [0.15, 0.2) is 78.8 Å². The van der Waals surface area contributed by atoms with Crippen LogP contribution in [0.25, 0.3) is 22.0 Å². The number of benzene rings is 3. The van der Waals surface area contributed by atoms with Crippen LogP contribution in [0.2, 0.25) is 0 Å². The Balaban J connectivity index is 1.52. The quantitative estimate of drug-likeness (QED) is 0.141. The zero-order chi connectivity index (χ0) is 32.6. The van der Waals surface area contributed by atoms with Gasteiger partial charge in [-0.05, 0) is 65.8 Å². The molecule has 10 heteroatoms. The van der Waals surface area contributed by atoms with Crippen LogP contribution in [0, 0.1) is 22.6 Å². The zero-order valence-corrected chi connectivity index (χ0v) is 25.8. The molecule has 4 aromatic rings. The van der Waals surface area contributed by atoms with E-state index >= 15 is 0 Å². The summed E-state index contributed by atoms with van der Waals surface area (Å²) in [6.45, 7) is 8.41. The van der Waals surface area contributed by atoms with Crippen molar-refractivity contribution in [2.75, 3.05) is 22.5 Å². The molecule has 0 spiro atoms. The van der Waals surface area contributed by atoms with Crippen molar-refractivity contribution < 1.29 is 10.6 Å². The van der Waals surface area contributed by atoms with Gasteiger partial charge in [-0.15, -0.1) is 5.53 Å². The lowest BCUT2D eigenvalue weighted by Crippen LogP contribution is -2.38. The number of pyridine rings is 1. The zero-order valence-electron chi connectivity index (χ0n) is 26.8. The molecule has 0 saturated heterocycles. The minimum atomic E-state index is -1.55. The highest BCUT2D eigenvalue weighted by atomic mass is 19.1. The van der Waals surface area contributed by atoms with Crippen molar-refractivity contribution in [3.05, 3.63) is 95.7 Å². The van der Waals surface area contributed by atoms with Crippen LogP contribution < -0.4 is 26.9 Å². The molecular formula is C35H37FN8O. The van der Waals surface area contributed by atoms with Crippen LogP contribution >= 0.6 is 0 Å². The number of carbonyl (C=O) groups excluding carboxylic acids is 1. The summed E-state index contributed by atoms with van der Waals surface area (Å²) in [6, 6.07) is 18.3. The van der Waals surface area contributed by atoms with Gasteiger partial charge in [0.05, 0.1) is 29.9 Å². The van der Waals surface area contributed by atoms with Crippen LogP contribution in [-0.2, 0) is 4.79 Å². The first kappa shape index (κ1) is 28.6. The van der Waals surface area contributed by atoms with Gasteiger partial charge in [0.15, 0.2) is 0 Å². The van der Waals surface area contributed by atoms with Gasteiger partial charge in [-0.1, -0.05) is 45.0 Å². The highest BCUT2D eigenvalue weighted by Crippen LogP contribution is 2.39. The van der Waals surface area contributed by atoms with Crippen molar-refractivity contribution in [1.29, 1.82) is 5.26 Å². The van der Waals surface area contributed by atoms with E-state index in [-0.39, 0.29) is 11.3 Å². The van der Waals surface area contributed by atoms with Crippen molar-refractivity contribution >= 4 is 33.9 Å². The SMILES string of the molecule is [2H]C(Nc1cc(-c2ccc(NC(C)=O)cc2)c2ncc(C#N)c(NCC(C)(C)C)c2c1)(C1=CN(C2CC2)NN1)c1ccc(F)cc1. The number of aromatic nitrogens is 1. The number of fused-ring (bicyclic) bond motifs is 1. The molecule has 3 aromatic carbocycles. The average molecular weight is 606 g/mol. The third kappa shape index (κ3) is 6.84. The van der Waals surface area contributed by atoms with Gasteiger partial charge in [-0.3, -0.25) is 14.8 Å². The standard InChI is InChI=1S/C35H37FN8O/c1-21(45)40-26-11-7-22(8-12-26)29-15-27(16-30-32(39-20-35(2,3)4)24(17-37)18-38-34(29)30)41-33(23-5-9-25(36)10-6-23)31-19-44(43-42-31)28-13-14-28/h5-12,15-16,18-19,28,33,41-43H,13-14,20H2,1-4H3,(H,38,39)(H,40,45)/i33D. The number of anilines is 3. The summed E-state index contributed by atoms with van der Waals surface area (Å²) in [5, 5.41) is 22.5. The number of nitriles is 1. The lowest BCUT2D eigenvalue weighted by molar-refractivity contribution is -0.114. The molecule has 1 amide bonds. The minimum absolute atomic E-state index is 0.0689. The molecule has 1 saturated carbocycles. The summed E-state index contributed by atoms with van der Waals surface area (Å²) in [7, 11) is 0. The first-order valence-corrected chi connectivity index (χ1v) is 15.0. The maximum Gasteiger partial charge on any atom is 0.221 e. The predicted octanol–water partition coefficient (Wildman–Crippen LogP) is 6.81. The molecule has 230 valence electrons.